The summed E-state index contributed by atoms with van der Waals surface area (Å²) < 4.78 is 0. The van der Waals surface area contributed by atoms with Crippen LogP contribution in [0.1, 0.15) is 48.3 Å². The second-order valence-electron chi connectivity index (χ2n) is 6.06. The van der Waals surface area contributed by atoms with E-state index in [0.29, 0.717) is 5.69 Å². The van der Waals surface area contributed by atoms with Crippen LogP contribution >= 0.6 is 0 Å². The summed E-state index contributed by atoms with van der Waals surface area (Å²) in [6, 6.07) is 2.59. The first kappa shape index (κ1) is 13.6. The SMILES string of the molecule is Cc1cc(C(=O)N2CCN(C3CCCCC3)CC2)n[nH]1. The van der Waals surface area contributed by atoms with Crippen LogP contribution in [-0.2, 0) is 0 Å². The minimum Gasteiger partial charge on any atom is -0.335 e. The van der Waals surface area contributed by atoms with Gasteiger partial charge in [0.15, 0.2) is 0 Å². The number of nitrogens with one attached hydrogen (secondary N) is 1. The number of hydrogen-bond donors (Lipinski definition) is 1. The van der Waals surface area contributed by atoms with E-state index in [4.69, 9.17) is 0 Å². The summed E-state index contributed by atoms with van der Waals surface area (Å²) in [5.41, 5.74) is 1.49. The molecular formula is C15H24N4O. The van der Waals surface area contributed by atoms with Gasteiger partial charge >= 0.3 is 0 Å². The standard InChI is InChI=1S/C15H24N4O/c1-12-11-14(17-16-12)15(20)19-9-7-18(8-10-19)13-5-3-2-4-6-13/h11,13H,2-10H2,1H3,(H,16,17). The van der Waals surface area contributed by atoms with Gasteiger partial charge in [0.1, 0.15) is 5.69 Å². The fourth-order valence-corrected chi connectivity index (χ4v) is 3.43. The van der Waals surface area contributed by atoms with E-state index in [-0.39, 0.29) is 5.91 Å². The summed E-state index contributed by atoms with van der Waals surface area (Å²) in [5.74, 6) is 0.0673. The Morgan fingerprint density at radius 2 is 1.90 bits per heavy atom. The second kappa shape index (κ2) is 5.95. The quantitative estimate of drug-likeness (QED) is 0.896. The van der Waals surface area contributed by atoms with Gasteiger partial charge in [-0.25, -0.2) is 0 Å². The zero-order chi connectivity index (χ0) is 13.9. The third kappa shape index (κ3) is 2.87. The first-order valence-electron chi connectivity index (χ1n) is 7.79. The lowest BCUT2D eigenvalue weighted by molar-refractivity contribution is 0.0518. The molecule has 20 heavy (non-hydrogen) atoms. The molecule has 0 aromatic carbocycles. The van der Waals surface area contributed by atoms with E-state index >= 15 is 0 Å². The fourth-order valence-electron chi connectivity index (χ4n) is 3.43. The highest BCUT2D eigenvalue weighted by Crippen LogP contribution is 2.23. The van der Waals surface area contributed by atoms with Crippen LogP contribution < -0.4 is 0 Å². The second-order valence-corrected chi connectivity index (χ2v) is 6.06. The number of nitrogens with zero attached hydrogens (tertiary/aromatic N) is 3. The third-order valence-electron chi connectivity index (χ3n) is 4.62. The Bertz CT molecular complexity index is 456. The van der Waals surface area contributed by atoms with Gasteiger partial charge in [-0.2, -0.15) is 5.10 Å². The third-order valence-corrected chi connectivity index (χ3v) is 4.62. The normalized spacial score (nSPS) is 22.1. The summed E-state index contributed by atoms with van der Waals surface area (Å²) in [6.07, 6.45) is 6.82. The van der Waals surface area contributed by atoms with Crippen molar-refractivity contribution in [2.24, 2.45) is 0 Å². The molecule has 1 aromatic rings. The number of aryl methyl sites for hydroxylation is 1. The topological polar surface area (TPSA) is 52.2 Å². The van der Waals surface area contributed by atoms with Crippen molar-refractivity contribution in [3.8, 4) is 0 Å². The Morgan fingerprint density at radius 3 is 2.50 bits per heavy atom. The van der Waals surface area contributed by atoms with Crippen molar-refractivity contribution in [2.75, 3.05) is 26.2 Å². The van der Waals surface area contributed by atoms with Crippen LogP contribution in [0.5, 0.6) is 0 Å². The van der Waals surface area contributed by atoms with E-state index in [0.717, 1.165) is 37.9 Å². The Hall–Kier alpha value is -1.36. The number of rotatable bonds is 2. The fraction of sp³-hybridized carbons (Fsp3) is 0.733. The van der Waals surface area contributed by atoms with E-state index < -0.39 is 0 Å². The Labute approximate surface area is 120 Å². The molecule has 110 valence electrons. The monoisotopic (exact) mass is 276 g/mol. The number of H-pyrrole nitrogens is 1. The maximum atomic E-state index is 12.3. The largest absolute Gasteiger partial charge is 0.335 e. The van der Waals surface area contributed by atoms with E-state index in [2.05, 4.69) is 15.1 Å². The van der Waals surface area contributed by atoms with Gasteiger partial charge in [0.25, 0.3) is 5.91 Å². The van der Waals surface area contributed by atoms with Crippen molar-refractivity contribution in [3.05, 3.63) is 17.5 Å². The summed E-state index contributed by atoms with van der Waals surface area (Å²) in [5, 5.41) is 6.91. The van der Waals surface area contributed by atoms with Crippen LogP contribution in [0.4, 0.5) is 0 Å². The van der Waals surface area contributed by atoms with Gasteiger partial charge in [0.2, 0.25) is 0 Å². The molecule has 2 aliphatic rings. The van der Waals surface area contributed by atoms with Crippen LogP contribution in [0.3, 0.4) is 0 Å². The van der Waals surface area contributed by atoms with Crippen LogP contribution in [0.15, 0.2) is 6.07 Å². The minimum atomic E-state index is 0.0673. The molecule has 2 fully saturated rings. The molecule has 1 aliphatic carbocycles. The van der Waals surface area contributed by atoms with Crippen molar-refractivity contribution < 1.29 is 4.79 Å². The maximum Gasteiger partial charge on any atom is 0.274 e. The Morgan fingerprint density at radius 1 is 1.20 bits per heavy atom. The molecule has 0 unspecified atom stereocenters. The molecule has 0 bridgehead atoms. The number of piperazine rings is 1. The number of carbonyl (C=O) groups is 1. The van der Waals surface area contributed by atoms with Gasteiger partial charge < -0.3 is 4.90 Å². The van der Waals surface area contributed by atoms with Crippen LogP contribution in [0, 0.1) is 6.92 Å². The molecule has 0 atom stereocenters. The average molecular weight is 276 g/mol. The highest BCUT2D eigenvalue weighted by Gasteiger charge is 2.28. The lowest BCUT2D eigenvalue weighted by atomic mass is 9.94. The first-order chi connectivity index (χ1) is 9.74. The lowest BCUT2D eigenvalue weighted by Gasteiger charge is -2.40. The first-order valence-corrected chi connectivity index (χ1v) is 7.79. The predicted octanol–water partition coefficient (Wildman–Crippen LogP) is 1.81. The number of amides is 1. The summed E-state index contributed by atoms with van der Waals surface area (Å²) in [7, 11) is 0. The van der Waals surface area contributed by atoms with Gasteiger partial charge in [0.05, 0.1) is 0 Å². The van der Waals surface area contributed by atoms with Crippen LogP contribution in [0.25, 0.3) is 0 Å². The van der Waals surface area contributed by atoms with Crippen molar-refractivity contribution in [1.29, 1.82) is 0 Å². The van der Waals surface area contributed by atoms with E-state index in [1.807, 2.05) is 17.9 Å². The summed E-state index contributed by atoms with van der Waals surface area (Å²) in [6.45, 7) is 5.62. The predicted molar refractivity (Wildman–Crippen MR) is 77.7 cm³/mol. The van der Waals surface area contributed by atoms with E-state index in [1.165, 1.54) is 32.1 Å². The molecule has 1 aromatic heterocycles. The van der Waals surface area contributed by atoms with Gasteiger partial charge in [-0.05, 0) is 25.8 Å². The zero-order valence-corrected chi connectivity index (χ0v) is 12.3. The molecule has 1 saturated carbocycles. The molecule has 1 amide bonds. The summed E-state index contributed by atoms with van der Waals surface area (Å²) >= 11 is 0. The molecule has 0 radical (unpaired) electrons. The minimum absolute atomic E-state index is 0.0673. The molecular weight excluding hydrogens is 252 g/mol. The summed E-state index contributed by atoms with van der Waals surface area (Å²) in [4.78, 5) is 16.8. The van der Waals surface area contributed by atoms with E-state index in [1.54, 1.807) is 0 Å². The molecule has 1 aliphatic heterocycles. The molecule has 1 saturated heterocycles. The zero-order valence-electron chi connectivity index (χ0n) is 12.3. The van der Waals surface area contributed by atoms with Crippen LogP contribution in [0.2, 0.25) is 0 Å². The highest BCUT2D eigenvalue weighted by atomic mass is 16.2. The Balaban J connectivity index is 1.54. The van der Waals surface area contributed by atoms with Crippen LogP contribution in [-0.4, -0.2) is 58.1 Å². The number of carbonyl (C=O) groups excluding carboxylic acids is 1. The molecule has 5 nitrogen and oxygen atoms in total. The van der Waals surface area contributed by atoms with Crippen molar-refractivity contribution in [2.45, 2.75) is 45.1 Å². The van der Waals surface area contributed by atoms with Crippen molar-refractivity contribution in [1.82, 2.24) is 20.0 Å². The van der Waals surface area contributed by atoms with Gasteiger partial charge in [-0.15, -0.1) is 0 Å². The van der Waals surface area contributed by atoms with Crippen molar-refractivity contribution in [3.63, 3.8) is 0 Å². The lowest BCUT2D eigenvalue weighted by Crippen LogP contribution is -2.52. The highest BCUT2D eigenvalue weighted by molar-refractivity contribution is 5.92. The Kier molecular flexibility index (Phi) is 4.05. The molecule has 0 spiro atoms. The molecule has 5 heteroatoms. The van der Waals surface area contributed by atoms with Gasteiger partial charge in [-0.1, -0.05) is 19.3 Å². The average Bonchev–Trinajstić information content (AvgIpc) is 2.94. The molecule has 2 heterocycles. The van der Waals surface area contributed by atoms with Crippen molar-refractivity contribution >= 4 is 5.91 Å². The number of aromatic amines is 1. The molecule has 1 N–H and O–H groups in total. The number of hydrogen-bond acceptors (Lipinski definition) is 3. The number of aromatic nitrogens is 2. The molecule has 3 rings (SSSR count). The van der Waals surface area contributed by atoms with Gasteiger partial charge in [-0.3, -0.25) is 14.8 Å². The van der Waals surface area contributed by atoms with Gasteiger partial charge in [0, 0.05) is 37.9 Å². The maximum absolute atomic E-state index is 12.3. The smallest absolute Gasteiger partial charge is 0.274 e. The van der Waals surface area contributed by atoms with E-state index in [9.17, 15) is 4.79 Å².